The Balaban J connectivity index is 2.36. The molecule has 0 radical (unpaired) electrons. The Morgan fingerprint density at radius 1 is 1.38 bits per heavy atom. The molecule has 1 aromatic heterocycles. The van der Waals surface area contributed by atoms with E-state index >= 15 is 0 Å². The summed E-state index contributed by atoms with van der Waals surface area (Å²) in [5.74, 6) is -0.230. The van der Waals surface area contributed by atoms with E-state index in [0.29, 0.717) is 0 Å². The molecule has 2 rings (SSSR count). The van der Waals surface area contributed by atoms with Gasteiger partial charge in [0.1, 0.15) is 0 Å². The van der Waals surface area contributed by atoms with Crippen LogP contribution in [0.25, 0.3) is 0 Å². The van der Waals surface area contributed by atoms with Crippen LogP contribution in [0, 0.1) is 0 Å². The standard InChI is InChI=1S/C7H5F2NO3/c8-7(9)12-5-1-4(3-11)10-2-6(5)13-7/h1-2,11H,3H2. The first-order valence-corrected chi connectivity index (χ1v) is 3.46. The molecule has 6 heteroatoms. The van der Waals surface area contributed by atoms with Crippen molar-refractivity contribution in [2.75, 3.05) is 0 Å². The number of aromatic nitrogens is 1. The molecule has 0 bridgehead atoms. The molecule has 1 aliphatic rings. The van der Waals surface area contributed by atoms with Crippen molar-refractivity contribution in [1.82, 2.24) is 4.98 Å². The van der Waals surface area contributed by atoms with Crippen molar-refractivity contribution < 1.29 is 23.4 Å². The first-order valence-electron chi connectivity index (χ1n) is 3.46. The van der Waals surface area contributed by atoms with E-state index in [2.05, 4.69) is 14.5 Å². The second-order valence-corrected chi connectivity index (χ2v) is 2.45. The molecule has 2 heterocycles. The number of rotatable bonds is 1. The summed E-state index contributed by atoms with van der Waals surface area (Å²) in [4.78, 5) is 3.65. The molecule has 1 N–H and O–H groups in total. The van der Waals surface area contributed by atoms with E-state index in [-0.39, 0.29) is 23.8 Å². The van der Waals surface area contributed by atoms with E-state index in [1.807, 2.05) is 0 Å². The maximum absolute atomic E-state index is 12.4. The number of aliphatic hydroxyl groups is 1. The first-order chi connectivity index (χ1) is 6.11. The molecule has 0 aliphatic carbocycles. The molecule has 1 aliphatic heterocycles. The van der Waals surface area contributed by atoms with Gasteiger partial charge >= 0.3 is 6.29 Å². The number of ether oxygens (including phenoxy) is 2. The molecule has 4 nitrogen and oxygen atoms in total. The SMILES string of the molecule is OCc1cc2c(cn1)OC(F)(F)O2. The molecule has 0 spiro atoms. The highest BCUT2D eigenvalue weighted by molar-refractivity contribution is 5.41. The maximum atomic E-state index is 12.4. The summed E-state index contributed by atoms with van der Waals surface area (Å²) < 4.78 is 33.1. The predicted octanol–water partition coefficient (Wildman–Crippen LogP) is 0.895. The van der Waals surface area contributed by atoms with Crippen LogP contribution in [-0.2, 0) is 6.61 Å². The van der Waals surface area contributed by atoms with Gasteiger partial charge in [0.05, 0.1) is 18.5 Å². The minimum atomic E-state index is -3.63. The van der Waals surface area contributed by atoms with Crippen molar-refractivity contribution in [1.29, 1.82) is 0 Å². The van der Waals surface area contributed by atoms with Crippen LogP contribution in [0.3, 0.4) is 0 Å². The Morgan fingerprint density at radius 3 is 2.77 bits per heavy atom. The molecule has 0 aromatic carbocycles. The van der Waals surface area contributed by atoms with E-state index in [1.165, 1.54) is 6.07 Å². The Hall–Kier alpha value is -1.43. The minimum Gasteiger partial charge on any atom is -0.395 e. The molecular formula is C7H5F2NO3. The van der Waals surface area contributed by atoms with Gasteiger partial charge in [0, 0.05) is 6.07 Å². The van der Waals surface area contributed by atoms with Gasteiger partial charge in [-0.2, -0.15) is 0 Å². The summed E-state index contributed by atoms with van der Waals surface area (Å²) in [5, 5.41) is 8.65. The van der Waals surface area contributed by atoms with Gasteiger partial charge in [-0.15, -0.1) is 8.78 Å². The number of hydrogen-bond acceptors (Lipinski definition) is 4. The fourth-order valence-electron chi connectivity index (χ4n) is 0.985. The lowest BCUT2D eigenvalue weighted by molar-refractivity contribution is -0.286. The summed E-state index contributed by atoms with van der Waals surface area (Å²) in [6.45, 7) is -0.331. The van der Waals surface area contributed by atoms with Crippen molar-refractivity contribution in [2.45, 2.75) is 12.9 Å². The third-order valence-corrected chi connectivity index (χ3v) is 1.51. The molecule has 1 aromatic rings. The molecule has 70 valence electrons. The van der Waals surface area contributed by atoms with Crippen LogP contribution in [0.1, 0.15) is 5.69 Å². The van der Waals surface area contributed by atoms with Gasteiger partial charge in [0.2, 0.25) is 0 Å². The van der Waals surface area contributed by atoms with E-state index in [4.69, 9.17) is 5.11 Å². The highest BCUT2D eigenvalue weighted by Crippen LogP contribution is 2.40. The third kappa shape index (κ3) is 1.40. The van der Waals surface area contributed by atoms with Crippen LogP contribution in [-0.4, -0.2) is 16.4 Å². The number of fused-ring (bicyclic) bond motifs is 1. The Labute approximate surface area is 71.7 Å². The van der Waals surface area contributed by atoms with Crippen LogP contribution < -0.4 is 9.47 Å². The van der Waals surface area contributed by atoms with Gasteiger partial charge in [0.25, 0.3) is 0 Å². The Kier molecular flexibility index (Phi) is 1.59. The zero-order valence-electron chi connectivity index (χ0n) is 6.33. The molecule has 0 fully saturated rings. The highest BCUT2D eigenvalue weighted by Gasteiger charge is 2.43. The van der Waals surface area contributed by atoms with Crippen LogP contribution in [0.4, 0.5) is 8.78 Å². The first kappa shape index (κ1) is 8.18. The van der Waals surface area contributed by atoms with Crippen LogP contribution >= 0.6 is 0 Å². The van der Waals surface area contributed by atoms with Crippen LogP contribution in [0.2, 0.25) is 0 Å². The number of halogens is 2. The maximum Gasteiger partial charge on any atom is 0.586 e. The molecule has 0 saturated carbocycles. The van der Waals surface area contributed by atoms with Crippen LogP contribution in [0.5, 0.6) is 11.5 Å². The third-order valence-electron chi connectivity index (χ3n) is 1.51. The lowest BCUT2D eigenvalue weighted by Gasteiger charge is -2.04. The van der Waals surface area contributed by atoms with Crippen molar-refractivity contribution in [3.05, 3.63) is 18.0 Å². The minimum absolute atomic E-state index is 0.107. The van der Waals surface area contributed by atoms with E-state index in [0.717, 1.165) is 6.20 Å². The lowest BCUT2D eigenvalue weighted by Crippen LogP contribution is -2.25. The fraction of sp³-hybridized carbons (Fsp3) is 0.286. The summed E-state index contributed by atoms with van der Waals surface area (Å²) in [6, 6.07) is 1.20. The monoisotopic (exact) mass is 189 g/mol. The smallest absolute Gasteiger partial charge is 0.395 e. The lowest BCUT2D eigenvalue weighted by atomic mass is 10.3. The van der Waals surface area contributed by atoms with Crippen molar-refractivity contribution in [2.24, 2.45) is 0 Å². The summed E-state index contributed by atoms with van der Waals surface area (Å²) in [5.41, 5.74) is 0.250. The Morgan fingerprint density at radius 2 is 2.08 bits per heavy atom. The number of hydrogen-bond donors (Lipinski definition) is 1. The predicted molar refractivity (Wildman–Crippen MR) is 36.4 cm³/mol. The van der Waals surface area contributed by atoms with Gasteiger partial charge < -0.3 is 14.6 Å². The molecule has 0 unspecified atom stereocenters. The molecule has 0 amide bonds. The number of nitrogens with zero attached hydrogens (tertiary/aromatic N) is 1. The molecule has 0 saturated heterocycles. The summed E-state index contributed by atoms with van der Waals surface area (Å²) in [7, 11) is 0. The highest BCUT2D eigenvalue weighted by atomic mass is 19.3. The molecular weight excluding hydrogens is 184 g/mol. The van der Waals surface area contributed by atoms with E-state index in [1.54, 1.807) is 0 Å². The van der Waals surface area contributed by atoms with E-state index < -0.39 is 6.29 Å². The number of alkyl halides is 2. The Bertz CT molecular complexity index is 343. The molecule has 13 heavy (non-hydrogen) atoms. The van der Waals surface area contributed by atoms with Crippen molar-refractivity contribution in [3.63, 3.8) is 0 Å². The summed E-state index contributed by atoms with van der Waals surface area (Å²) in [6.07, 6.45) is -2.54. The number of pyridine rings is 1. The second kappa shape index (κ2) is 2.53. The van der Waals surface area contributed by atoms with Crippen LogP contribution in [0.15, 0.2) is 12.3 Å². The average Bonchev–Trinajstić information content (AvgIpc) is 2.36. The van der Waals surface area contributed by atoms with E-state index in [9.17, 15) is 8.78 Å². The zero-order chi connectivity index (χ0) is 9.47. The number of aliphatic hydroxyl groups excluding tert-OH is 1. The van der Waals surface area contributed by atoms with Gasteiger partial charge in [-0.25, -0.2) is 0 Å². The zero-order valence-corrected chi connectivity index (χ0v) is 6.33. The van der Waals surface area contributed by atoms with Gasteiger partial charge in [-0.1, -0.05) is 0 Å². The van der Waals surface area contributed by atoms with Crippen molar-refractivity contribution >= 4 is 0 Å². The summed E-state index contributed by atoms with van der Waals surface area (Å²) >= 11 is 0. The normalized spacial score (nSPS) is 17.5. The topological polar surface area (TPSA) is 51.6 Å². The van der Waals surface area contributed by atoms with Gasteiger partial charge in [-0.05, 0) is 0 Å². The average molecular weight is 189 g/mol. The largest absolute Gasteiger partial charge is 0.586 e. The fourth-order valence-corrected chi connectivity index (χ4v) is 0.985. The van der Waals surface area contributed by atoms with Gasteiger partial charge in [-0.3, -0.25) is 4.98 Å². The molecule has 0 atom stereocenters. The quantitative estimate of drug-likeness (QED) is 0.712. The van der Waals surface area contributed by atoms with Gasteiger partial charge in [0.15, 0.2) is 11.5 Å². The van der Waals surface area contributed by atoms with Crippen molar-refractivity contribution in [3.8, 4) is 11.5 Å². The second-order valence-electron chi connectivity index (χ2n) is 2.45.